The Hall–Kier alpha value is -17.6. The predicted octanol–water partition coefficient (Wildman–Crippen LogP) is 36.6. The van der Waals surface area contributed by atoms with Gasteiger partial charge in [-0.05, 0) is 280 Å². The first-order chi connectivity index (χ1) is 66.4. The van der Waals surface area contributed by atoms with E-state index in [4.69, 9.17) is 0 Å². The van der Waals surface area contributed by atoms with Crippen LogP contribution in [0.5, 0.6) is 0 Å². The van der Waals surface area contributed by atoms with Gasteiger partial charge in [-0.15, -0.1) is 0 Å². The van der Waals surface area contributed by atoms with Crippen molar-refractivity contribution in [2.75, 3.05) is 0 Å². The second kappa shape index (κ2) is 32.3. The van der Waals surface area contributed by atoms with Crippen LogP contribution in [0.4, 0.5) is 0 Å². The second-order valence-corrected chi connectivity index (χ2v) is 35.6. The summed E-state index contributed by atoms with van der Waals surface area (Å²) in [5.41, 5.74) is 29.0. The molecule has 27 rings (SSSR count). The summed E-state index contributed by atoms with van der Waals surface area (Å²) in [4.78, 5) is 0. The molecule has 0 aliphatic heterocycles. The van der Waals surface area contributed by atoms with Crippen molar-refractivity contribution < 1.29 is 0 Å². The van der Waals surface area contributed by atoms with E-state index in [1.807, 2.05) is 0 Å². The molecule has 0 saturated carbocycles. The first kappa shape index (κ1) is 77.6. The molecule has 0 N–H and O–H groups in total. The topological polar surface area (TPSA) is 9.86 Å². The Labute approximate surface area is 776 Å². The Bertz CT molecular complexity index is 9390. The number of nitrogens with zero attached hydrogens (tertiary/aromatic N) is 2. The van der Waals surface area contributed by atoms with E-state index < -0.39 is 0 Å². The van der Waals surface area contributed by atoms with Crippen molar-refractivity contribution >= 4 is 140 Å². The van der Waals surface area contributed by atoms with Gasteiger partial charge in [0.1, 0.15) is 0 Å². The van der Waals surface area contributed by atoms with E-state index in [1.165, 1.54) is 252 Å². The minimum atomic E-state index is 1.12. The fourth-order valence-corrected chi connectivity index (χ4v) is 21.7. The minimum absolute atomic E-state index is 1.12. The largest absolute Gasteiger partial charge is 0.316 e. The molecule has 25 aromatic carbocycles. The highest BCUT2D eigenvalue weighted by Gasteiger charge is 2.23. The lowest BCUT2D eigenvalue weighted by Crippen LogP contribution is -1.95. The molecule has 0 radical (unpaired) electrons. The van der Waals surface area contributed by atoms with Gasteiger partial charge in [0.05, 0.1) is 16.7 Å². The number of aromatic nitrogens is 2. The first-order valence-corrected chi connectivity index (χ1v) is 46.4. The van der Waals surface area contributed by atoms with Crippen LogP contribution in [-0.4, -0.2) is 9.13 Å². The molecule has 0 fully saturated rings. The van der Waals surface area contributed by atoms with Crippen LogP contribution in [0.15, 0.2) is 510 Å². The van der Waals surface area contributed by atoms with Gasteiger partial charge in [-0.2, -0.15) is 0 Å². The molecule has 0 spiro atoms. The molecule has 134 heavy (non-hydrogen) atoms. The Morgan fingerprint density at radius 1 is 0.112 bits per heavy atom. The van der Waals surface area contributed by atoms with E-state index in [0.29, 0.717) is 0 Å². The van der Waals surface area contributed by atoms with Gasteiger partial charge in [0.2, 0.25) is 0 Å². The molecular formula is C132H84N2. The van der Waals surface area contributed by atoms with Crippen LogP contribution >= 0.6 is 0 Å². The van der Waals surface area contributed by atoms with Crippen molar-refractivity contribution in [3.63, 3.8) is 0 Å². The van der Waals surface area contributed by atoms with Gasteiger partial charge >= 0.3 is 0 Å². The molecule has 27 aromatic rings. The van der Waals surface area contributed by atoms with Crippen LogP contribution in [0.25, 0.3) is 263 Å². The van der Waals surface area contributed by atoms with E-state index in [1.54, 1.807) is 0 Å². The lowest BCUT2D eigenvalue weighted by atomic mass is 9.90. The van der Waals surface area contributed by atoms with Crippen LogP contribution in [0.3, 0.4) is 0 Å². The summed E-state index contributed by atoms with van der Waals surface area (Å²) in [7, 11) is 0. The van der Waals surface area contributed by atoms with E-state index in [9.17, 15) is 0 Å². The zero-order chi connectivity index (χ0) is 88.3. The summed E-state index contributed by atoms with van der Waals surface area (Å²) in [5.74, 6) is 0. The molecule has 0 saturated heterocycles. The van der Waals surface area contributed by atoms with Crippen LogP contribution in [0, 0.1) is 0 Å². The fourth-order valence-electron chi connectivity index (χ4n) is 21.7. The SMILES string of the molecule is c1ccc2c(-c3ccc(-c4ccc5c(c4)c(-c4ccc(-c6cccc7ccccc67)cc4)cn5-c4ccc(-c5cc6ccccc6c6ccccc56)c5ccccc45)cc3)cccc2c1.c1ccc2c(c1)cc(-c1ccc(-c3ccc4c(c3)c(-c3ccc(-c5cc6ccccc6c6ccccc56)cc3)cn4-c3ccc(-c4cc5ccccc5c5ccccc45)cc3)cc1)c1ccccc12. The number of hydrogen-bond donors (Lipinski definition) is 0. The van der Waals surface area contributed by atoms with Gasteiger partial charge in [-0.1, -0.05) is 431 Å². The van der Waals surface area contributed by atoms with Gasteiger partial charge < -0.3 is 9.13 Å². The average Bonchev–Trinajstić information content (AvgIpc) is 1.38. The van der Waals surface area contributed by atoms with Crippen molar-refractivity contribution in [1.29, 1.82) is 0 Å². The normalized spacial score (nSPS) is 11.7. The zero-order valence-corrected chi connectivity index (χ0v) is 73.4. The van der Waals surface area contributed by atoms with Crippen LogP contribution < -0.4 is 0 Å². The predicted molar refractivity (Wildman–Crippen MR) is 573 cm³/mol. The summed E-state index contributed by atoms with van der Waals surface area (Å²) < 4.78 is 4.79. The summed E-state index contributed by atoms with van der Waals surface area (Å²) in [6.07, 6.45) is 4.70. The maximum atomic E-state index is 2.42. The highest BCUT2D eigenvalue weighted by atomic mass is 15.0. The Kier molecular flexibility index (Phi) is 18.7. The molecular weight excluding hydrogens is 1610 g/mol. The van der Waals surface area contributed by atoms with Crippen LogP contribution in [-0.2, 0) is 0 Å². The summed E-state index contributed by atoms with van der Waals surface area (Å²) in [6.45, 7) is 0. The van der Waals surface area contributed by atoms with Gasteiger partial charge in [-0.3, -0.25) is 0 Å². The molecule has 0 atom stereocenters. The van der Waals surface area contributed by atoms with E-state index >= 15 is 0 Å². The third-order valence-corrected chi connectivity index (χ3v) is 28.2. The summed E-state index contributed by atoms with van der Waals surface area (Å²) in [6, 6.07) is 183. The maximum absolute atomic E-state index is 2.42. The van der Waals surface area contributed by atoms with Crippen LogP contribution in [0.1, 0.15) is 0 Å². The number of hydrogen-bond acceptors (Lipinski definition) is 0. The summed E-state index contributed by atoms with van der Waals surface area (Å²) in [5, 5.41) is 30.3. The summed E-state index contributed by atoms with van der Waals surface area (Å²) >= 11 is 0. The Morgan fingerprint density at radius 3 is 0.746 bits per heavy atom. The Balaban J connectivity index is 0.000000140. The van der Waals surface area contributed by atoms with Crippen molar-refractivity contribution in [3.8, 4) is 123 Å². The average molecular weight is 1700 g/mol. The monoisotopic (exact) mass is 1700 g/mol. The van der Waals surface area contributed by atoms with Crippen molar-refractivity contribution in [3.05, 3.63) is 510 Å². The first-order valence-electron chi connectivity index (χ1n) is 46.4. The molecule has 2 aromatic heterocycles. The zero-order valence-electron chi connectivity index (χ0n) is 73.4. The second-order valence-electron chi connectivity index (χ2n) is 35.6. The van der Waals surface area contributed by atoms with Crippen molar-refractivity contribution in [2.24, 2.45) is 0 Å². The maximum Gasteiger partial charge on any atom is 0.0535 e. The van der Waals surface area contributed by atoms with E-state index in [2.05, 4.69) is 519 Å². The molecule has 0 amide bonds. The molecule has 622 valence electrons. The quantitative estimate of drug-likeness (QED) is 0.108. The highest BCUT2D eigenvalue weighted by molar-refractivity contribution is 6.20. The molecule has 2 nitrogen and oxygen atoms in total. The van der Waals surface area contributed by atoms with Gasteiger partial charge in [0.15, 0.2) is 0 Å². The number of fused-ring (bicyclic) bond motifs is 17. The molecule has 0 aliphatic rings. The van der Waals surface area contributed by atoms with E-state index in [-0.39, 0.29) is 0 Å². The molecule has 2 heteroatoms. The fraction of sp³-hybridized carbons (Fsp3) is 0. The van der Waals surface area contributed by atoms with Crippen molar-refractivity contribution in [2.45, 2.75) is 0 Å². The molecule has 0 unspecified atom stereocenters. The lowest BCUT2D eigenvalue weighted by molar-refractivity contribution is 1.13. The van der Waals surface area contributed by atoms with E-state index in [0.717, 1.165) is 11.4 Å². The van der Waals surface area contributed by atoms with Gasteiger partial charge in [-0.25, -0.2) is 0 Å². The number of rotatable bonds is 12. The standard InChI is InChI=1S/C68H43N.C64H41N/c1-4-16-54-50(13-1)40-63(60-22-10-7-19-57(54)60)45-27-25-44(26-28-45)49-35-38-68-66(39-49)67(48-31-29-46(30-32-48)64-41-51-14-2-5-17-55(51)58-20-8-11-23-61(58)64)43-69(68)53-36-33-47(34-37-53)65-42-52-15-3-6-18-56(52)59-21-9-12-24-62(59)65;1-4-18-50-43(13-1)16-11-25-52(50)45-29-27-42(28-30-45)48-35-37-64-61(39-48)62(47-33-31-46(32-34-47)53-26-12-17-44-14-2-5-19-51(44)53)41-65(64)63-38-36-58(56-22-9-10-24-59(56)63)60-40-49-15-3-6-20-54(49)55-21-7-8-23-57(55)60/h1-43H;1-41H. The molecule has 2 heterocycles. The third kappa shape index (κ3) is 13.3. The Morgan fingerprint density at radius 2 is 0.366 bits per heavy atom. The van der Waals surface area contributed by atoms with Gasteiger partial charge in [0.25, 0.3) is 0 Å². The minimum Gasteiger partial charge on any atom is -0.316 e. The lowest BCUT2D eigenvalue weighted by Gasteiger charge is -2.16. The highest BCUT2D eigenvalue weighted by Crippen LogP contribution is 2.48. The third-order valence-electron chi connectivity index (χ3n) is 28.2. The van der Waals surface area contributed by atoms with Gasteiger partial charge in [0, 0.05) is 45.4 Å². The number of benzene rings is 25. The van der Waals surface area contributed by atoms with Crippen LogP contribution in [0.2, 0.25) is 0 Å². The van der Waals surface area contributed by atoms with Crippen molar-refractivity contribution in [1.82, 2.24) is 9.13 Å². The molecule has 0 aliphatic carbocycles. The smallest absolute Gasteiger partial charge is 0.0535 e. The molecule has 0 bridgehead atoms.